The van der Waals surface area contributed by atoms with Crippen LogP contribution in [0.2, 0.25) is 0 Å². The normalized spacial score (nSPS) is 24.6. The lowest BCUT2D eigenvalue weighted by atomic mass is 10.2. The highest BCUT2D eigenvalue weighted by molar-refractivity contribution is 5.30. The third kappa shape index (κ3) is 1.60. The van der Waals surface area contributed by atoms with E-state index in [-0.39, 0.29) is 0 Å². The molecule has 2 rings (SSSR count). The van der Waals surface area contributed by atoms with Crippen LogP contribution in [0.4, 0.5) is 0 Å². The summed E-state index contributed by atoms with van der Waals surface area (Å²) in [5.41, 5.74) is 3.12. The van der Waals surface area contributed by atoms with Crippen molar-refractivity contribution in [3.8, 4) is 6.07 Å². The van der Waals surface area contributed by atoms with Gasteiger partial charge in [0.05, 0.1) is 12.5 Å². The maximum Gasteiger partial charge on any atom is 0.0638 e. The Morgan fingerprint density at radius 2 is 2.08 bits per heavy atom. The standard InChI is InChI=1S/C10H15N3/c1-8(2-3-11)13-6-9-4-12-5-10(9)7-13/h8,12H,2,4-7H2,1H3. The quantitative estimate of drug-likeness (QED) is 0.624. The maximum absolute atomic E-state index is 8.60. The van der Waals surface area contributed by atoms with Gasteiger partial charge in [-0.15, -0.1) is 0 Å². The zero-order valence-corrected chi connectivity index (χ0v) is 8.01. The molecule has 2 aliphatic rings. The van der Waals surface area contributed by atoms with E-state index in [4.69, 9.17) is 5.26 Å². The van der Waals surface area contributed by atoms with Crippen molar-refractivity contribution in [1.29, 1.82) is 5.26 Å². The van der Waals surface area contributed by atoms with E-state index in [0.29, 0.717) is 12.5 Å². The van der Waals surface area contributed by atoms with Crippen LogP contribution < -0.4 is 5.32 Å². The Bertz CT molecular complexity index is 258. The van der Waals surface area contributed by atoms with Crippen molar-refractivity contribution < 1.29 is 0 Å². The Hall–Kier alpha value is -0.850. The summed E-state index contributed by atoms with van der Waals surface area (Å²) < 4.78 is 0. The van der Waals surface area contributed by atoms with Crippen LogP contribution in [0.15, 0.2) is 11.1 Å². The van der Waals surface area contributed by atoms with Crippen LogP contribution in [0.3, 0.4) is 0 Å². The Morgan fingerprint density at radius 1 is 1.46 bits per heavy atom. The lowest BCUT2D eigenvalue weighted by molar-refractivity contribution is 0.263. The van der Waals surface area contributed by atoms with Crippen molar-refractivity contribution in [2.75, 3.05) is 26.2 Å². The summed E-state index contributed by atoms with van der Waals surface area (Å²) in [5, 5.41) is 11.9. The van der Waals surface area contributed by atoms with E-state index in [9.17, 15) is 0 Å². The molecular weight excluding hydrogens is 162 g/mol. The van der Waals surface area contributed by atoms with E-state index in [2.05, 4.69) is 23.2 Å². The van der Waals surface area contributed by atoms with E-state index in [1.165, 1.54) is 0 Å². The van der Waals surface area contributed by atoms with Crippen LogP contribution in [-0.2, 0) is 0 Å². The van der Waals surface area contributed by atoms with Gasteiger partial charge in [0.25, 0.3) is 0 Å². The maximum atomic E-state index is 8.60. The van der Waals surface area contributed by atoms with Crippen molar-refractivity contribution in [2.24, 2.45) is 0 Å². The third-order valence-corrected chi connectivity index (χ3v) is 2.97. The largest absolute Gasteiger partial charge is 0.309 e. The average Bonchev–Trinajstić information content (AvgIpc) is 2.61. The first-order chi connectivity index (χ1) is 6.31. The zero-order chi connectivity index (χ0) is 9.26. The van der Waals surface area contributed by atoms with Gasteiger partial charge >= 0.3 is 0 Å². The van der Waals surface area contributed by atoms with Gasteiger partial charge in [-0.2, -0.15) is 5.26 Å². The molecule has 0 aromatic rings. The Labute approximate surface area is 79.0 Å². The Balaban J connectivity index is 1.92. The van der Waals surface area contributed by atoms with Gasteiger partial charge in [-0.05, 0) is 18.1 Å². The summed E-state index contributed by atoms with van der Waals surface area (Å²) in [6.07, 6.45) is 0.647. The smallest absolute Gasteiger partial charge is 0.0638 e. The van der Waals surface area contributed by atoms with Gasteiger partial charge < -0.3 is 5.32 Å². The molecule has 0 fully saturated rings. The van der Waals surface area contributed by atoms with Crippen molar-refractivity contribution in [2.45, 2.75) is 19.4 Å². The third-order valence-electron chi connectivity index (χ3n) is 2.97. The van der Waals surface area contributed by atoms with Gasteiger partial charge in [-0.3, -0.25) is 4.90 Å². The highest BCUT2D eigenvalue weighted by atomic mass is 15.2. The van der Waals surface area contributed by atoms with Crippen LogP contribution in [-0.4, -0.2) is 37.1 Å². The molecule has 1 atom stereocenters. The SMILES string of the molecule is CC(CC#N)N1CC2=C(CNC2)C1. The molecule has 0 saturated carbocycles. The van der Waals surface area contributed by atoms with E-state index < -0.39 is 0 Å². The molecule has 13 heavy (non-hydrogen) atoms. The van der Waals surface area contributed by atoms with Crippen molar-refractivity contribution in [1.82, 2.24) is 10.2 Å². The fourth-order valence-corrected chi connectivity index (χ4v) is 2.07. The molecule has 1 unspecified atom stereocenters. The number of nitriles is 1. The molecule has 3 nitrogen and oxygen atoms in total. The second-order valence-electron chi connectivity index (χ2n) is 3.93. The predicted molar refractivity (Wildman–Crippen MR) is 51.2 cm³/mol. The molecule has 0 radical (unpaired) electrons. The van der Waals surface area contributed by atoms with Gasteiger partial charge in [-0.1, -0.05) is 0 Å². The predicted octanol–water partition coefficient (Wildman–Crippen LogP) is 0.504. The summed E-state index contributed by atoms with van der Waals surface area (Å²) in [6.45, 7) is 6.41. The highest BCUT2D eigenvalue weighted by Crippen LogP contribution is 2.22. The molecule has 70 valence electrons. The van der Waals surface area contributed by atoms with Crippen molar-refractivity contribution in [3.63, 3.8) is 0 Å². The Kier molecular flexibility index (Phi) is 2.34. The summed E-state index contributed by atoms with van der Waals surface area (Å²) in [6, 6.07) is 2.65. The monoisotopic (exact) mass is 177 g/mol. The minimum absolute atomic E-state index is 0.413. The van der Waals surface area contributed by atoms with Gasteiger partial charge in [0.15, 0.2) is 0 Å². The number of rotatable bonds is 2. The first-order valence-corrected chi connectivity index (χ1v) is 4.82. The van der Waals surface area contributed by atoms with Gasteiger partial charge in [0.1, 0.15) is 0 Å². The molecule has 0 spiro atoms. The number of hydrogen-bond donors (Lipinski definition) is 1. The highest BCUT2D eigenvalue weighted by Gasteiger charge is 2.27. The van der Waals surface area contributed by atoms with Crippen LogP contribution in [0.25, 0.3) is 0 Å². The first-order valence-electron chi connectivity index (χ1n) is 4.82. The molecule has 1 N–H and O–H groups in total. The number of nitrogens with zero attached hydrogens (tertiary/aromatic N) is 2. The molecule has 0 aromatic carbocycles. The first kappa shape index (κ1) is 8.74. The molecule has 3 heteroatoms. The molecule has 0 saturated heterocycles. The van der Waals surface area contributed by atoms with Crippen LogP contribution in [0.1, 0.15) is 13.3 Å². The molecule has 0 amide bonds. The van der Waals surface area contributed by atoms with Crippen molar-refractivity contribution in [3.05, 3.63) is 11.1 Å². The van der Waals surface area contributed by atoms with Crippen LogP contribution in [0.5, 0.6) is 0 Å². The molecule has 2 aliphatic heterocycles. The second-order valence-corrected chi connectivity index (χ2v) is 3.93. The molecular formula is C10H15N3. The lowest BCUT2D eigenvalue weighted by Crippen LogP contribution is -2.34. The minimum atomic E-state index is 0.413. The number of hydrogen-bond acceptors (Lipinski definition) is 3. The Morgan fingerprint density at radius 3 is 2.62 bits per heavy atom. The van der Waals surface area contributed by atoms with Crippen LogP contribution in [0, 0.1) is 11.3 Å². The van der Waals surface area contributed by atoms with Crippen molar-refractivity contribution >= 4 is 0 Å². The van der Waals surface area contributed by atoms with E-state index >= 15 is 0 Å². The molecule has 0 aromatic heterocycles. The lowest BCUT2D eigenvalue weighted by Gasteiger charge is -2.23. The van der Waals surface area contributed by atoms with Gasteiger partial charge in [-0.25, -0.2) is 0 Å². The average molecular weight is 177 g/mol. The van der Waals surface area contributed by atoms with Gasteiger partial charge in [0.2, 0.25) is 0 Å². The summed E-state index contributed by atoms with van der Waals surface area (Å²) in [7, 11) is 0. The fraction of sp³-hybridized carbons (Fsp3) is 0.700. The summed E-state index contributed by atoms with van der Waals surface area (Å²) >= 11 is 0. The number of nitrogens with one attached hydrogen (secondary N) is 1. The van der Waals surface area contributed by atoms with Gasteiger partial charge in [0, 0.05) is 32.2 Å². The summed E-state index contributed by atoms with van der Waals surface area (Å²) in [4.78, 5) is 2.40. The second kappa shape index (κ2) is 3.49. The molecule has 2 heterocycles. The van der Waals surface area contributed by atoms with E-state index in [0.717, 1.165) is 26.2 Å². The topological polar surface area (TPSA) is 39.1 Å². The minimum Gasteiger partial charge on any atom is -0.309 e. The van der Waals surface area contributed by atoms with E-state index in [1.807, 2.05) is 0 Å². The molecule has 0 bridgehead atoms. The fourth-order valence-electron chi connectivity index (χ4n) is 2.07. The van der Waals surface area contributed by atoms with Crippen LogP contribution >= 0.6 is 0 Å². The molecule has 0 aliphatic carbocycles. The summed E-state index contributed by atoms with van der Waals surface area (Å²) in [5.74, 6) is 0. The zero-order valence-electron chi connectivity index (χ0n) is 8.01. The van der Waals surface area contributed by atoms with E-state index in [1.54, 1.807) is 11.1 Å².